The molecule has 16 heavy (non-hydrogen) atoms. The third-order valence-corrected chi connectivity index (χ3v) is 3.27. The van der Waals surface area contributed by atoms with Crippen LogP contribution in [0.4, 0.5) is 8.78 Å². The first kappa shape index (κ1) is 11.6. The van der Waals surface area contributed by atoms with E-state index in [1.807, 2.05) is 0 Å². The first-order valence-electron chi connectivity index (χ1n) is 5.23. The number of methoxy groups -OCH3 is 1. The average molecular weight is 247 g/mol. The normalized spacial score (nSPS) is 23.4. The Morgan fingerprint density at radius 1 is 1.44 bits per heavy atom. The lowest BCUT2D eigenvalue weighted by Gasteiger charge is -2.15. The summed E-state index contributed by atoms with van der Waals surface area (Å²) in [7, 11) is 1.54. The molecule has 0 heterocycles. The number of hydrogen-bond acceptors (Lipinski definition) is 1. The minimum absolute atomic E-state index is 0.0483. The quantitative estimate of drug-likeness (QED) is 0.758. The number of halogens is 3. The monoisotopic (exact) mass is 246 g/mol. The van der Waals surface area contributed by atoms with Gasteiger partial charge in [-0.3, -0.25) is 0 Å². The Bertz CT molecular complexity index is 393. The van der Waals surface area contributed by atoms with Crippen LogP contribution in [0.3, 0.4) is 0 Å². The number of rotatable bonds is 2. The van der Waals surface area contributed by atoms with Crippen LogP contribution in [-0.2, 0) is 0 Å². The summed E-state index contributed by atoms with van der Waals surface area (Å²) in [5, 5.41) is 0.561. The van der Waals surface area contributed by atoms with Crippen molar-refractivity contribution in [3.05, 3.63) is 28.8 Å². The highest BCUT2D eigenvalue weighted by atomic mass is 35.5. The minimum atomic E-state index is -2.54. The molecule has 1 saturated carbocycles. The third-order valence-electron chi connectivity index (χ3n) is 3.04. The fourth-order valence-electron chi connectivity index (χ4n) is 2.24. The summed E-state index contributed by atoms with van der Waals surface area (Å²) in [5.74, 6) is -2.05. The zero-order chi connectivity index (χ0) is 11.8. The number of hydrogen-bond donors (Lipinski definition) is 0. The van der Waals surface area contributed by atoms with Crippen LogP contribution in [0.15, 0.2) is 18.2 Å². The molecule has 1 aromatic rings. The fourth-order valence-corrected chi connectivity index (χ4v) is 2.42. The molecule has 0 N–H and O–H groups in total. The predicted molar refractivity (Wildman–Crippen MR) is 59.5 cm³/mol. The van der Waals surface area contributed by atoms with Crippen molar-refractivity contribution in [2.24, 2.45) is 0 Å². The van der Waals surface area contributed by atoms with Crippen molar-refractivity contribution in [2.75, 3.05) is 7.11 Å². The van der Waals surface area contributed by atoms with E-state index in [1.165, 1.54) is 0 Å². The summed E-state index contributed by atoms with van der Waals surface area (Å²) in [5.41, 5.74) is 0.798. The molecule has 0 aromatic heterocycles. The van der Waals surface area contributed by atoms with E-state index in [0.717, 1.165) is 5.56 Å². The number of ether oxygens (including phenoxy) is 1. The molecule has 0 bridgehead atoms. The molecule has 0 radical (unpaired) electrons. The molecule has 1 atom stereocenters. The first-order valence-corrected chi connectivity index (χ1v) is 5.61. The molecule has 1 unspecified atom stereocenters. The van der Waals surface area contributed by atoms with Crippen molar-refractivity contribution < 1.29 is 13.5 Å². The standard InChI is InChI=1S/C12H13ClF2O/c1-16-11-3-2-9(13)6-10(11)8-4-5-12(14,15)7-8/h2-3,6,8H,4-5,7H2,1H3. The van der Waals surface area contributed by atoms with E-state index < -0.39 is 5.92 Å². The molecule has 1 aliphatic carbocycles. The second-order valence-corrected chi connectivity index (χ2v) is 4.62. The zero-order valence-corrected chi connectivity index (χ0v) is 9.73. The van der Waals surface area contributed by atoms with Crippen molar-refractivity contribution >= 4 is 11.6 Å². The van der Waals surface area contributed by atoms with Crippen molar-refractivity contribution in [1.29, 1.82) is 0 Å². The largest absolute Gasteiger partial charge is 0.496 e. The lowest BCUT2D eigenvalue weighted by molar-refractivity contribution is 0.00772. The molecule has 0 amide bonds. The fraction of sp³-hybridized carbons (Fsp3) is 0.500. The van der Waals surface area contributed by atoms with E-state index in [4.69, 9.17) is 16.3 Å². The SMILES string of the molecule is COc1ccc(Cl)cc1C1CCC(F)(F)C1. The van der Waals surface area contributed by atoms with Crippen molar-refractivity contribution in [2.45, 2.75) is 31.1 Å². The highest BCUT2D eigenvalue weighted by molar-refractivity contribution is 6.30. The Kier molecular flexibility index (Phi) is 3.06. The Hall–Kier alpha value is -0.830. The Morgan fingerprint density at radius 3 is 2.75 bits per heavy atom. The smallest absolute Gasteiger partial charge is 0.248 e. The Labute approximate surface area is 98.4 Å². The summed E-state index contributed by atoms with van der Waals surface area (Å²) in [6, 6.07) is 5.16. The average Bonchev–Trinajstić information content (AvgIpc) is 2.59. The van der Waals surface area contributed by atoms with E-state index in [2.05, 4.69) is 0 Å². The topological polar surface area (TPSA) is 9.23 Å². The molecule has 1 nitrogen and oxygen atoms in total. The van der Waals surface area contributed by atoms with Crippen LogP contribution in [0.1, 0.15) is 30.7 Å². The highest BCUT2D eigenvalue weighted by Gasteiger charge is 2.40. The van der Waals surface area contributed by atoms with Crippen LogP contribution in [0.5, 0.6) is 5.75 Å². The molecule has 1 aliphatic rings. The molecule has 88 valence electrons. The van der Waals surface area contributed by atoms with E-state index in [1.54, 1.807) is 25.3 Å². The minimum Gasteiger partial charge on any atom is -0.496 e. The van der Waals surface area contributed by atoms with Gasteiger partial charge in [0.1, 0.15) is 5.75 Å². The van der Waals surface area contributed by atoms with Crippen LogP contribution in [0.25, 0.3) is 0 Å². The van der Waals surface area contributed by atoms with Crippen LogP contribution < -0.4 is 4.74 Å². The lowest BCUT2D eigenvalue weighted by atomic mass is 9.96. The molecule has 0 spiro atoms. The lowest BCUT2D eigenvalue weighted by Crippen LogP contribution is -2.09. The molecule has 1 aromatic carbocycles. The van der Waals surface area contributed by atoms with E-state index in [-0.39, 0.29) is 18.8 Å². The van der Waals surface area contributed by atoms with Crippen LogP contribution in [0.2, 0.25) is 5.02 Å². The van der Waals surface area contributed by atoms with Gasteiger partial charge in [0, 0.05) is 17.9 Å². The van der Waals surface area contributed by atoms with Gasteiger partial charge in [-0.1, -0.05) is 11.6 Å². The summed E-state index contributed by atoms with van der Waals surface area (Å²) in [6.45, 7) is 0. The van der Waals surface area contributed by atoms with Crippen LogP contribution in [-0.4, -0.2) is 13.0 Å². The van der Waals surface area contributed by atoms with E-state index in [9.17, 15) is 8.78 Å². The van der Waals surface area contributed by atoms with Gasteiger partial charge in [-0.15, -0.1) is 0 Å². The van der Waals surface area contributed by atoms with Gasteiger partial charge in [0.2, 0.25) is 5.92 Å². The van der Waals surface area contributed by atoms with Crippen molar-refractivity contribution in [1.82, 2.24) is 0 Å². The van der Waals surface area contributed by atoms with Gasteiger partial charge >= 0.3 is 0 Å². The molecular formula is C12H13ClF2O. The maximum Gasteiger partial charge on any atom is 0.248 e. The number of benzene rings is 1. The molecular weight excluding hydrogens is 234 g/mol. The molecule has 0 saturated heterocycles. The van der Waals surface area contributed by atoms with Gasteiger partial charge in [-0.2, -0.15) is 0 Å². The Balaban J connectivity index is 2.30. The highest BCUT2D eigenvalue weighted by Crippen LogP contribution is 2.46. The summed E-state index contributed by atoms with van der Waals surface area (Å²) in [4.78, 5) is 0. The van der Waals surface area contributed by atoms with Gasteiger partial charge in [-0.05, 0) is 36.1 Å². The summed E-state index contributed by atoms with van der Waals surface area (Å²) in [6.07, 6.45) is 0.334. The van der Waals surface area contributed by atoms with Gasteiger partial charge in [-0.25, -0.2) is 8.78 Å². The van der Waals surface area contributed by atoms with Gasteiger partial charge in [0.15, 0.2) is 0 Å². The van der Waals surface area contributed by atoms with E-state index >= 15 is 0 Å². The zero-order valence-electron chi connectivity index (χ0n) is 8.97. The Morgan fingerprint density at radius 2 is 2.19 bits per heavy atom. The van der Waals surface area contributed by atoms with Crippen molar-refractivity contribution in [3.8, 4) is 5.75 Å². The van der Waals surface area contributed by atoms with Crippen LogP contribution in [0, 0.1) is 0 Å². The third kappa shape index (κ3) is 2.29. The maximum absolute atomic E-state index is 13.1. The van der Waals surface area contributed by atoms with Crippen molar-refractivity contribution in [3.63, 3.8) is 0 Å². The second kappa shape index (κ2) is 4.21. The molecule has 4 heteroatoms. The molecule has 1 fully saturated rings. The molecule has 0 aliphatic heterocycles. The van der Waals surface area contributed by atoms with Gasteiger partial charge in [0.05, 0.1) is 7.11 Å². The summed E-state index contributed by atoms with van der Waals surface area (Å²) < 4.78 is 31.5. The number of alkyl halides is 2. The van der Waals surface area contributed by atoms with Crippen LogP contribution >= 0.6 is 11.6 Å². The van der Waals surface area contributed by atoms with Gasteiger partial charge in [0.25, 0.3) is 0 Å². The molecule has 2 rings (SSSR count). The second-order valence-electron chi connectivity index (χ2n) is 4.18. The summed E-state index contributed by atoms with van der Waals surface area (Å²) >= 11 is 5.88. The maximum atomic E-state index is 13.1. The van der Waals surface area contributed by atoms with Gasteiger partial charge < -0.3 is 4.74 Å². The van der Waals surface area contributed by atoms with E-state index in [0.29, 0.717) is 17.2 Å². The first-order chi connectivity index (χ1) is 7.52. The predicted octanol–water partition coefficient (Wildman–Crippen LogP) is 4.25.